The van der Waals surface area contributed by atoms with Crippen LogP contribution in [0.15, 0.2) is 34.9 Å². The van der Waals surface area contributed by atoms with Gasteiger partial charge in [0.15, 0.2) is 0 Å². The summed E-state index contributed by atoms with van der Waals surface area (Å²) in [7, 11) is 0. The summed E-state index contributed by atoms with van der Waals surface area (Å²) in [4.78, 5) is 25.2. The molecule has 1 N–H and O–H groups in total. The molecule has 120 valence electrons. The fourth-order valence-electron chi connectivity index (χ4n) is 2.73. The summed E-state index contributed by atoms with van der Waals surface area (Å²) in [6, 6.07) is 7.74. The van der Waals surface area contributed by atoms with Crippen LogP contribution in [0.25, 0.3) is 11.3 Å². The monoisotopic (exact) mass is 334 g/mol. The number of aliphatic carboxylic acids is 1. The number of hydrogen-bond acceptors (Lipinski definition) is 4. The summed E-state index contributed by atoms with van der Waals surface area (Å²) in [6.07, 6.45) is 2.03. The van der Waals surface area contributed by atoms with E-state index >= 15 is 0 Å². The van der Waals surface area contributed by atoms with Crippen LogP contribution in [0.1, 0.15) is 29.8 Å². The molecule has 1 amide bonds. The first-order valence-corrected chi connectivity index (χ1v) is 7.70. The molecule has 3 rings (SSSR count). The van der Waals surface area contributed by atoms with E-state index in [0.717, 1.165) is 18.4 Å². The number of benzene rings is 1. The minimum atomic E-state index is -0.993. The lowest BCUT2D eigenvalue weighted by atomic mass is 10.0. The Kier molecular flexibility index (Phi) is 4.34. The molecule has 2 heterocycles. The van der Waals surface area contributed by atoms with Gasteiger partial charge in [-0.1, -0.05) is 28.9 Å². The van der Waals surface area contributed by atoms with Gasteiger partial charge in [-0.15, -0.1) is 0 Å². The minimum absolute atomic E-state index is 0.0353. The second kappa shape index (κ2) is 6.42. The first-order valence-electron chi connectivity index (χ1n) is 7.32. The molecule has 0 bridgehead atoms. The molecule has 1 aliphatic heterocycles. The number of carboxylic acids is 1. The predicted octanol–water partition coefficient (Wildman–Crippen LogP) is 3.07. The fraction of sp³-hybridized carbons (Fsp3) is 0.312. The molecular weight excluding hydrogens is 320 g/mol. The lowest BCUT2D eigenvalue weighted by Gasteiger charge is -2.31. The van der Waals surface area contributed by atoms with Crippen molar-refractivity contribution in [3.05, 3.63) is 41.1 Å². The molecular formula is C16H15ClN2O4. The second-order valence-corrected chi connectivity index (χ2v) is 5.87. The van der Waals surface area contributed by atoms with Crippen LogP contribution in [0.5, 0.6) is 0 Å². The van der Waals surface area contributed by atoms with Gasteiger partial charge in [0, 0.05) is 23.2 Å². The molecule has 7 heteroatoms. The number of carbonyl (C=O) groups is 2. The van der Waals surface area contributed by atoms with Crippen molar-refractivity contribution in [1.29, 1.82) is 0 Å². The molecule has 1 aromatic heterocycles. The Bertz CT molecular complexity index is 743. The summed E-state index contributed by atoms with van der Waals surface area (Å²) in [6.45, 7) is 0.406. The number of likely N-dealkylation sites (tertiary alicyclic amines) is 1. The molecule has 2 aromatic rings. The number of hydrogen-bond donors (Lipinski definition) is 1. The summed E-state index contributed by atoms with van der Waals surface area (Å²) in [5, 5.41) is 13.7. The number of aromatic nitrogens is 1. The maximum atomic E-state index is 12.5. The number of rotatable bonds is 3. The highest BCUT2D eigenvalue weighted by Crippen LogP contribution is 2.25. The number of nitrogens with zero attached hydrogens (tertiary/aromatic N) is 2. The van der Waals surface area contributed by atoms with E-state index in [1.54, 1.807) is 24.3 Å². The highest BCUT2D eigenvalue weighted by atomic mass is 35.5. The SMILES string of the molecule is O=C(O)[C@H]1CCCCN1C(=O)c1cc(-c2cccc(Cl)c2)no1. The van der Waals surface area contributed by atoms with Gasteiger partial charge >= 0.3 is 5.97 Å². The molecule has 0 aliphatic carbocycles. The Labute approximate surface area is 137 Å². The van der Waals surface area contributed by atoms with E-state index in [1.165, 1.54) is 11.0 Å². The number of amides is 1. The van der Waals surface area contributed by atoms with E-state index in [4.69, 9.17) is 16.1 Å². The average Bonchev–Trinajstić information content (AvgIpc) is 3.04. The smallest absolute Gasteiger partial charge is 0.326 e. The van der Waals surface area contributed by atoms with Crippen LogP contribution in [-0.4, -0.2) is 39.6 Å². The highest BCUT2D eigenvalue weighted by Gasteiger charge is 2.34. The number of piperidine rings is 1. The first-order chi connectivity index (χ1) is 11.1. The van der Waals surface area contributed by atoms with Crippen molar-refractivity contribution in [3.63, 3.8) is 0 Å². The van der Waals surface area contributed by atoms with E-state index in [2.05, 4.69) is 5.16 Å². The van der Waals surface area contributed by atoms with Crippen LogP contribution >= 0.6 is 11.6 Å². The standard InChI is InChI=1S/C16H15ClN2O4/c17-11-5-3-4-10(8-11)12-9-14(23-18-12)15(20)19-7-2-1-6-13(19)16(21)22/h3-5,8-9,13H,1-2,6-7H2,(H,21,22)/t13-/m1/s1. The first kappa shape index (κ1) is 15.6. The third-order valence-electron chi connectivity index (χ3n) is 3.89. The molecule has 1 fully saturated rings. The van der Waals surface area contributed by atoms with Crippen molar-refractivity contribution < 1.29 is 19.2 Å². The van der Waals surface area contributed by atoms with Gasteiger partial charge < -0.3 is 14.5 Å². The number of halogens is 1. The Morgan fingerprint density at radius 3 is 2.87 bits per heavy atom. The molecule has 0 spiro atoms. The van der Waals surface area contributed by atoms with Crippen LogP contribution in [-0.2, 0) is 4.79 Å². The molecule has 0 unspecified atom stereocenters. The molecule has 1 atom stereocenters. The lowest BCUT2D eigenvalue weighted by Crippen LogP contribution is -2.47. The molecule has 1 aromatic carbocycles. The second-order valence-electron chi connectivity index (χ2n) is 5.44. The van der Waals surface area contributed by atoms with Crippen LogP contribution in [0.3, 0.4) is 0 Å². The quantitative estimate of drug-likeness (QED) is 0.932. The van der Waals surface area contributed by atoms with Gasteiger partial charge in [-0.05, 0) is 31.4 Å². The van der Waals surface area contributed by atoms with E-state index < -0.39 is 17.9 Å². The third-order valence-corrected chi connectivity index (χ3v) is 4.13. The highest BCUT2D eigenvalue weighted by molar-refractivity contribution is 6.30. The van der Waals surface area contributed by atoms with Crippen molar-refractivity contribution in [2.24, 2.45) is 0 Å². The average molecular weight is 335 g/mol. The number of carboxylic acid groups (broad SMARTS) is 1. The zero-order chi connectivity index (χ0) is 16.4. The van der Waals surface area contributed by atoms with Crippen molar-refractivity contribution in [1.82, 2.24) is 10.1 Å². The number of carbonyl (C=O) groups excluding carboxylic acids is 1. The van der Waals surface area contributed by atoms with Gasteiger partial charge in [0.1, 0.15) is 11.7 Å². The zero-order valence-electron chi connectivity index (χ0n) is 12.2. The van der Waals surface area contributed by atoms with E-state index in [1.807, 2.05) is 0 Å². The van der Waals surface area contributed by atoms with E-state index in [9.17, 15) is 14.7 Å². The topological polar surface area (TPSA) is 83.6 Å². The maximum absolute atomic E-state index is 12.5. The van der Waals surface area contributed by atoms with E-state index in [-0.39, 0.29) is 5.76 Å². The van der Waals surface area contributed by atoms with Gasteiger partial charge in [0.2, 0.25) is 5.76 Å². The van der Waals surface area contributed by atoms with Crippen LogP contribution in [0.2, 0.25) is 5.02 Å². The zero-order valence-corrected chi connectivity index (χ0v) is 13.0. The molecule has 23 heavy (non-hydrogen) atoms. The molecule has 0 radical (unpaired) electrons. The van der Waals surface area contributed by atoms with Crippen molar-refractivity contribution in [2.45, 2.75) is 25.3 Å². The fourth-order valence-corrected chi connectivity index (χ4v) is 2.92. The summed E-state index contributed by atoms with van der Waals surface area (Å²) < 4.78 is 5.12. The van der Waals surface area contributed by atoms with Crippen molar-refractivity contribution >= 4 is 23.5 Å². The third kappa shape index (κ3) is 3.22. The van der Waals surface area contributed by atoms with Crippen LogP contribution < -0.4 is 0 Å². The lowest BCUT2D eigenvalue weighted by molar-refractivity contribution is -0.143. The maximum Gasteiger partial charge on any atom is 0.326 e. The van der Waals surface area contributed by atoms with Gasteiger partial charge in [-0.2, -0.15) is 0 Å². The molecule has 1 saturated heterocycles. The van der Waals surface area contributed by atoms with E-state index in [0.29, 0.717) is 23.7 Å². The largest absolute Gasteiger partial charge is 0.480 e. The summed E-state index contributed by atoms with van der Waals surface area (Å²) in [5.74, 6) is -1.40. The molecule has 0 saturated carbocycles. The Balaban J connectivity index is 1.84. The van der Waals surface area contributed by atoms with Gasteiger partial charge in [-0.3, -0.25) is 4.79 Å². The molecule has 1 aliphatic rings. The van der Waals surface area contributed by atoms with Gasteiger partial charge in [0.25, 0.3) is 5.91 Å². The van der Waals surface area contributed by atoms with Crippen LogP contribution in [0, 0.1) is 0 Å². The van der Waals surface area contributed by atoms with Crippen molar-refractivity contribution in [2.75, 3.05) is 6.54 Å². The Hall–Kier alpha value is -2.34. The Morgan fingerprint density at radius 1 is 1.30 bits per heavy atom. The summed E-state index contributed by atoms with van der Waals surface area (Å²) in [5.41, 5.74) is 1.22. The van der Waals surface area contributed by atoms with Crippen LogP contribution in [0.4, 0.5) is 0 Å². The molecule has 6 nitrogen and oxygen atoms in total. The summed E-state index contributed by atoms with van der Waals surface area (Å²) >= 11 is 5.94. The van der Waals surface area contributed by atoms with Gasteiger partial charge in [-0.25, -0.2) is 4.79 Å². The predicted molar refractivity (Wildman–Crippen MR) is 83.3 cm³/mol. The minimum Gasteiger partial charge on any atom is -0.480 e. The van der Waals surface area contributed by atoms with Gasteiger partial charge in [0.05, 0.1) is 0 Å². The Morgan fingerprint density at radius 2 is 2.13 bits per heavy atom. The normalized spacial score (nSPS) is 18.0. The van der Waals surface area contributed by atoms with Crippen molar-refractivity contribution in [3.8, 4) is 11.3 Å².